The van der Waals surface area contributed by atoms with Crippen molar-refractivity contribution >= 4 is 15.7 Å². The van der Waals surface area contributed by atoms with E-state index in [-0.39, 0.29) is 4.90 Å². The van der Waals surface area contributed by atoms with Crippen LogP contribution in [0, 0.1) is 12.7 Å². The summed E-state index contributed by atoms with van der Waals surface area (Å²) in [5.41, 5.74) is 2.55. The summed E-state index contributed by atoms with van der Waals surface area (Å²) in [5.74, 6) is -1.34. The minimum atomic E-state index is -3.95. The van der Waals surface area contributed by atoms with Crippen LogP contribution < -0.4 is 0 Å². The number of carbonyl (C=O) groups is 1. The average molecular weight is 438 g/mol. The summed E-state index contributed by atoms with van der Waals surface area (Å²) in [6.45, 7) is 2.68. The summed E-state index contributed by atoms with van der Waals surface area (Å²) >= 11 is 0. The summed E-state index contributed by atoms with van der Waals surface area (Å²) in [7, 11) is -3.95. The highest BCUT2D eigenvalue weighted by Gasteiger charge is 2.46. The predicted octanol–water partition coefficient (Wildman–Crippen LogP) is 4.49. The van der Waals surface area contributed by atoms with Crippen molar-refractivity contribution < 1.29 is 17.6 Å². The van der Waals surface area contributed by atoms with Gasteiger partial charge in [0.1, 0.15) is 5.82 Å². The maximum Gasteiger partial charge on any atom is 0.242 e. The third-order valence-corrected chi connectivity index (χ3v) is 7.96. The van der Waals surface area contributed by atoms with Gasteiger partial charge in [0.05, 0.1) is 4.90 Å². The van der Waals surface area contributed by atoms with Crippen LogP contribution in [0.15, 0.2) is 83.8 Å². The number of carbonyl (C=O) groups excluding carboxylic acids is 1. The number of piperidine rings is 1. The minimum absolute atomic E-state index is 0.130. The van der Waals surface area contributed by atoms with Crippen LogP contribution in [0.1, 0.15) is 29.0 Å². The Morgan fingerprint density at radius 3 is 2.23 bits per heavy atom. The van der Waals surface area contributed by atoms with Crippen LogP contribution in [0.2, 0.25) is 0 Å². The minimum Gasteiger partial charge on any atom is -0.337 e. The van der Waals surface area contributed by atoms with Gasteiger partial charge in [-0.1, -0.05) is 60.2 Å². The van der Waals surface area contributed by atoms with E-state index in [9.17, 15) is 17.6 Å². The molecule has 4 nitrogen and oxygen atoms in total. The normalized spacial score (nSPS) is 19.4. The first kappa shape index (κ1) is 21.2. The van der Waals surface area contributed by atoms with E-state index in [0.717, 1.165) is 11.1 Å². The number of halogens is 1. The zero-order valence-corrected chi connectivity index (χ0v) is 18.1. The zero-order chi connectivity index (χ0) is 22.0. The third kappa shape index (κ3) is 4.39. The van der Waals surface area contributed by atoms with Gasteiger partial charge in [0.15, 0.2) is 15.1 Å². The number of hydrogen-bond acceptors (Lipinski definition) is 3. The van der Waals surface area contributed by atoms with Gasteiger partial charge >= 0.3 is 0 Å². The van der Waals surface area contributed by atoms with Gasteiger partial charge in [0.25, 0.3) is 0 Å². The van der Waals surface area contributed by atoms with E-state index in [2.05, 4.69) is 0 Å². The molecular formula is C25H24FNO3S. The number of rotatable bonds is 5. The number of benzene rings is 3. The van der Waals surface area contributed by atoms with Crippen LogP contribution in [0.5, 0.6) is 0 Å². The monoisotopic (exact) mass is 437 g/mol. The molecular weight excluding hydrogens is 413 g/mol. The summed E-state index contributed by atoms with van der Waals surface area (Å²) in [6, 6.07) is 21.9. The molecule has 3 aromatic carbocycles. The van der Waals surface area contributed by atoms with Crippen molar-refractivity contribution in [1.82, 2.24) is 4.90 Å². The molecule has 3 aromatic rings. The fraction of sp³-hybridized carbons (Fsp3) is 0.240. The van der Waals surface area contributed by atoms with Crippen molar-refractivity contribution in [1.29, 1.82) is 0 Å². The number of sulfone groups is 1. The third-order valence-electron chi connectivity index (χ3n) is 5.83. The molecule has 0 bridgehead atoms. The topological polar surface area (TPSA) is 54.5 Å². The largest absolute Gasteiger partial charge is 0.337 e. The first-order chi connectivity index (χ1) is 14.9. The standard InChI is InChI=1S/C25H24FNO3S/c1-18-7-13-22(14-8-18)31(29,30)24-23(20-9-11-21(26)12-10-20)15-16-27(25(24)28)17-19-5-3-2-4-6-19/h2-14,23-24H,15-17H2,1H3. The Bertz CT molecular complexity index is 1160. The van der Waals surface area contributed by atoms with Crippen molar-refractivity contribution in [3.05, 3.63) is 101 Å². The summed E-state index contributed by atoms with van der Waals surface area (Å²) in [4.78, 5) is 15.3. The lowest BCUT2D eigenvalue weighted by Crippen LogP contribution is -2.51. The number of hydrogen-bond donors (Lipinski definition) is 0. The lowest BCUT2D eigenvalue weighted by Gasteiger charge is -2.38. The summed E-state index contributed by atoms with van der Waals surface area (Å²) in [5, 5.41) is -1.25. The first-order valence-corrected chi connectivity index (χ1v) is 11.8. The second-order valence-electron chi connectivity index (χ2n) is 7.97. The van der Waals surface area contributed by atoms with E-state index in [1.54, 1.807) is 41.3 Å². The molecule has 2 unspecified atom stereocenters. The van der Waals surface area contributed by atoms with E-state index in [4.69, 9.17) is 0 Å². The van der Waals surface area contributed by atoms with E-state index < -0.39 is 32.7 Å². The Morgan fingerprint density at radius 2 is 1.58 bits per heavy atom. The van der Waals surface area contributed by atoms with Crippen molar-refractivity contribution in [3.8, 4) is 0 Å². The molecule has 1 aliphatic heterocycles. The molecule has 160 valence electrons. The van der Waals surface area contributed by atoms with Gasteiger partial charge < -0.3 is 4.90 Å². The Kier molecular flexibility index (Phi) is 5.92. The zero-order valence-electron chi connectivity index (χ0n) is 17.2. The van der Waals surface area contributed by atoms with Gasteiger partial charge in [-0.05, 0) is 48.7 Å². The van der Waals surface area contributed by atoms with Crippen LogP contribution in [0.4, 0.5) is 4.39 Å². The highest BCUT2D eigenvalue weighted by Crippen LogP contribution is 2.37. The molecule has 31 heavy (non-hydrogen) atoms. The molecule has 1 amide bonds. The lowest BCUT2D eigenvalue weighted by molar-refractivity contribution is -0.134. The number of amides is 1. The van der Waals surface area contributed by atoms with Crippen molar-refractivity contribution in [3.63, 3.8) is 0 Å². The van der Waals surface area contributed by atoms with Gasteiger partial charge in [0, 0.05) is 19.0 Å². The van der Waals surface area contributed by atoms with Gasteiger partial charge in [-0.15, -0.1) is 0 Å². The molecule has 1 fully saturated rings. The van der Waals surface area contributed by atoms with Crippen molar-refractivity contribution in [2.75, 3.05) is 6.54 Å². The second-order valence-corrected chi connectivity index (χ2v) is 10.0. The van der Waals surface area contributed by atoms with Gasteiger partial charge in [-0.3, -0.25) is 4.79 Å². The molecule has 0 aromatic heterocycles. The smallest absolute Gasteiger partial charge is 0.242 e. The van der Waals surface area contributed by atoms with Crippen molar-refractivity contribution in [2.24, 2.45) is 0 Å². The number of aryl methyl sites for hydroxylation is 1. The predicted molar refractivity (Wildman–Crippen MR) is 118 cm³/mol. The molecule has 0 aliphatic carbocycles. The van der Waals surface area contributed by atoms with E-state index in [1.807, 2.05) is 37.3 Å². The fourth-order valence-corrected chi connectivity index (χ4v) is 6.09. The molecule has 0 saturated carbocycles. The molecule has 0 spiro atoms. The molecule has 0 N–H and O–H groups in total. The number of likely N-dealkylation sites (tertiary alicyclic amines) is 1. The van der Waals surface area contributed by atoms with Crippen LogP contribution >= 0.6 is 0 Å². The maximum atomic E-state index is 13.6. The molecule has 2 atom stereocenters. The molecule has 1 aliphatic rings. The van der Waals surface area contributed by atoms with Crippen LogP contribution in [0.3, 0.4) is 0 Å². The van der Waals surface area contributed by atoms with Gasteiger partial charge in [-0.25, -0.2) is 12.8 Å². The summed E-state index contributed by atoms with van der Waals surface area (Å²) < 4.78 is 40.7. The quantitative estimate of drug-likeness (QED) is 0.591. The maximum absolute atomic E-state index is 13.6. The molecule has 0 radical (unpaired) electrons. The highest BCUT2D eigenvalue weighted by atomic mass is 32.2. The highest BCUT2D eigenvalue weighted by molar-refractivity contribution is 7.92. The Morgan fingerprint density at radius 1 is 0.935 bits per heavy atom. The first-order valence-electron chi connectivity index (χ1n) is 10.2. The second kappa shape index (κ2) is 8.63. The van der Waals surface area contributed by atoms with Gasteiger partial charge in [-0.2, -0.15) is 0 Å². The Balaban J connectivity index is 1.74. The van der Waals surface area contributed by atoms with Crippen LogP contribution in [-0.2, 0) is 21.2 Å². The molecule has 1 saturated heterocycles. The number of nitrogens with zero attached hydrogens (tertiary/aromatic N) is 1. The van der Waals surface area contributed by atoms with E-state index in [0.29, 0.717) is 25.1 Å². The SMILES string of the molecule is Cc1ccc(S(=O)(=O)C2C(=O)N(Cc3ccccc3)CCC2c2ccc(F)cc2)cc1. The molecule has 6 heteroatoms. The fourth-order valence-electron chi connectivity index (χ4n) is 4.14. The van der Waals surface area contributed by atoms with Crippen molar-refractivity contribution in [2.45, 2.75) is 36.0 Å². The lowest BCUT2D eigenvalue weighted by atomic mass is 9.88. The average Bonchev–Trinajstić information content (AvgIpc) is 2.76. The summed E-state index contributed by atoms with van der Waals surface area (Å²) in [6.07, 6.45) is 0.486. The van der Waals surface area contributed by atoms with Crippen LogP contribution in [-0.4, -0.2) is 31.0 Å². The molecule has 1 heterocycles. The van der Waals surface area contributed by atoms with E-state index in [1.165, 1.54) is 12.1 Å². The Hall–Kier alpha value is -2.99. The van der Waals surface area contributed by atoms with Gasteiger partial charge in [0.2, 0.25) is 5.91 Å². The Labute approximate surface area is 182 Å². The molecule has 4 rings (SSSR count). The van der Waals surface area contributed by atoms with E-state index >= 15 is 0 Å². The van der Waals surface area contributed by atoms with Crippen LogP contribution in [0.25, 0.3) is 0 Å².